The number of sulfonamides is 1. The number of piperidine rings is 1. The van der Waals surface area contributed by atoms with Gasteiger partial charge < -0.3 is 15.0 Å². The summed E-state index contributed by atoms with van der Waals surface area (Å²) in [5, 5.41) is 5.08. The topological polar surface area (TPSA) is 109 Å². The Morgan fingerprint density at radius 3 is 2.55 bits per heavy atom. The van der Waals surface area contributed by atoms with E-state index >= 15 is 0 Å². The van der Waals surface area contributed by atoms with Crippen LogP contribution >= 0.6 is 11.3 Å². The summed E-state index contributed by atoms with van der Waals surface area (Å²) in [4.78, 5) is 30.5. The van der Waals surface area contributed by atoms with Gasteiger partial charge in [0.05, 0.1) is 18.0 Å². The number of nitrogens with zero attached hydrogens (tertiary/aromatic N) is 3. The standard InChI is InChI=1S/C18H28N4O5S2/c1-18(2,3)27-17(24)21-8-5-13(6-9-21)14-12-28-16(19-14)20-15(23)11-22-7-4-10-29(22,25)26/h12-13H,4-11H2,1-3H3,(H,19,20,23). The van der Waals surface area contributed by atoms with Crippen molar-refractivity contribution in [3.05, 3.63) is 11.1 Å². The van der Waals surface area contributed by atoms with E-state index in [1.165, 1.54) is 15.6 Å². The molecule has 9 nitrogen and oxygen atoms in total. The van der Waals surface area contributed by atoms with Gasteiger partial charge in [-0.3, -0.25) is 4.79 Å². The van der Waals surface area contributed by atoms with Crippen LogP contribution in [0.25, 0.3) is 0 Å². The number of likely N-dealkylation sites (tertiary alicyclic amines) is 1. The molecule has 2 fully saturated rings. The molecule has 2 amide bonds. The molecular formula is C18H28N4O5S2. The van der Waals surface area contributed by atoms with E-state index in [1.54, 1.807) is 4.90 Å². The Bertz CT molecular complexity index is 854. The molecule has 0 aliphatic carbocycles. The predicted molar refractivity (Wildman–Crippen MR) is 111 cm³/mol. The van der Waals surface area contributed by atoms with Gasteiger partial charge in [0.15, 0.2) is 5.13 Å². The van der Waals surface area contributed by atoms with Crippen LogP contribution in [-0.4, -0.2) is 72.1 Å². The smallest absolute Gasteiger partial charge is 0.410 e. The lowest BCUT2D eigenvalue weighted by Crippen LogP contribution is -2.41. The maximum absolute atomic E-state index is 12.2. The summed E-state index contributed by atoms with van der Waals surface area (Å²) < 4.78 is 30.2. The molecule has 3 heterocycles. The van der Waals surface area contributed by atoms with Crippen molar-refractivity contribution in [1.82, 2.24) is 14.2 Å². The second-order valence-corrected chi connectivity index (χ2v) is 11.3. The van der Waals surface area contributed by atoms with Crippen molar-refractivity contribution in [2.75, 3.05) is 37.2 Å². The average Bonchev–Trinajstić information content (AvgIpc) is 3.20. The Balaban J connectivity index is 1.49. The number of amides is 2. The zero-order chi connectivity index (χ0) is 21.2. The van der Waals surface area contributed by atoms with E-state index in [9.17, 15) is 18.0 Å². The molecule has 1 aromatic rings. The SMILES string of the molecule is CC(C)(C)OC(=O)N1CCC(c2csc(NC(=O)CN3CCCS3(=O)=O)n2)CC1. The van der Waals surface area contributed by atoms with E-state index in [0.29, 0.717) is 31.2 Å². The second kappa shape index (κ2) is 8.57. The fourth-order valence-corrected chi connectivity index (χ4v) is 5.68. The third kappa shape index (κ3) is 5.89. The summed E-state index contributed by atoms with van der Waals surface area (Å²) >= 11 is 1.33. The molecule has 0 radical (unpaired) electrons. The van der Waals surface area contributed by atoms with Crippen molar-refractivity contribution in [2.45, 2.75) is 51.6 Å². The number of aromatic nitrogens is 1. The highest BCUT2D eigenvalue weighted by Crippen LogP contribution is 2.31. The molecule has 0 spiro atoms. The van der Waals surface area contributed by atoms with Crippen LogP contribution in [0.15, 0.2) is 5.38 Å². The summed E-state index contributed by atoms with van der Waals surface area (Å²) in [5.41, 5.74) is 0.382. The molecule has 162 valence electrons. The number of rotatable bonds is 4. The van der Waals surface area contributed by atoms with E-state index in [-0.39, 0.29) is 30.2 Å². The molecule has 2 aliphatic rings. The minimum Gasteiger partial charge on any atom is -0.444 e. The molecule has 2 aliphatic heterocycles. The first-order valence-corrected chi connectivity index (χ1v) is 12.2. The Hall–Kier alpha value is -1.72. The number of carbonyl (C=O) groups excluding carboxylic acids is 2. The lowest BCUT2D eigenvalue weighted by Gasteiger charge is -2.32. The molecule has 0 aromatic carbocycles. The number of hydrogen-bond acceptors (Lipinski definition) is 7. The van der Waals surface area contributed by atoms with E-state index in [2.05, 4.69) is 10.3 Å². The number of ether oxygens (including phenoxy) is 1. The number of nitrogens with one attached hydrogen (secondary N) is 1. The van der Waals surface area contributed by atoms with Gasteiger partial charge in [-0.25, -0.2) is 18.2 Å². The van der Waals surface area contributed by atoms with Crippen LogP contribution in [0.5, 0.6) is 0 Å². The quantitative estimate of drug-likeness (QED) is 0.763. The van der Waals surface area contributed by atoms with E-state index < -0.39 is 15.6 Å². The number of hydrogen-bond donors (Lipinski definition) is 1. The van der Waals surface area contributed by atoms with Gasteiger partial charge in [-0.05, 0) is 40.0 Å². The zero-order valence-corrected chi connectivity index (χ0v) is 18.6. The van der Waals surface area contributed by atoms with Crippen LogP contribution in [0.4, 0.5) is 9.93 Å². The van der Waals surface area contributed by atoms with Gasteiger partial charge in [-0.15, -0.1) is 11.3 Å². The van der Waals surface area contributed by atoms with Crippen molar-refractivity contribution in [3.8, 4) is 0 Å². The lowest BCUT2D eigenvalue weighted by atomic mass is 9.94. The van der Waals surface area contributed by atoms with Gasteiger partial charge >= 0.3 is 6.09 Å². The molecule has 1 aromatic heterocycles. The van der Waals surface area contributed by atoms with Crippen molar-refractivity contribution in [3.63, 3.8) is 0 Å². The van der Waals surface area contributed by atoms with Crippen LogP contribution in [0.2, 0.25) is 0 Å². The van der Waals surface area contributed by atoms with Crippen LogP contribution in [0, 0.1) is 0 Å². The van der Waals surface area contributed by atoms with Crippen molar-refractivity contribution >= 4 is 38.5 Å². The fraction of sp³-hybridized carbons (Fsp3) is 0.722. The first-order chi connectivity index (χ1) is 13.5. The molecule has 2 saturated heterocycles. The Kier molecular flexibility index (Phi) is 6.49. The van der Waals surface area contributed by atoms with Gasteiger partial charge in [0.1, 0.15) is 5.60 Å². The summed E-state index contributed by atoms with van der Waals surface area (Å²) in [6.07, 6.45) is 1.82. The molecule has 0 atom stereocenters. The van der Waals surface area contributed by atoms with Crippen LogP contribution < -0.4 is 5.32 Å². The van der Waals surface area contributed by atoms with Gasteiger partial charge in [0.2, 0.25) is 15.9 Å². The van der Waals surface area contributed by atoms with E-state index in [4.69, 9.17) is 4.74 Å². The first kappa shape index (κ1) is 22.0. The highest BCUT2D eigenvalue weighted by atomic mass is 32.2. The van der Waals surface area contributed by atoms with E-state index in [0.717, 1.165) is 18.5 Å². The summed E-state index contributed by atoms with van der Waals surface area (Å²) in [6.45, 7) is 6.96. The zero-order valence-electron chi connectivity index (χ0n) is 17.0. The first-order valence-electron chi connectivity index (χ1n) is 9.74. The molecule has 1 N–H and O–H groups in total. The summed E-state index contributed by atoms with van der Waals surface area (Å²) in [6, 6.07) is 0. The highest BCUT2D eigenvalue weighted by molar-refractivity contribution is 7.89. The fourth-order valence-electron chi connectivity index (χ4n) is 3.40. The Morgan fingerprint density at radius 2 is 1.97 bits per heavy atom. The van der Waals surface area contributed by atoms with Crippen molar-refractivity contribution in [1.29, 1.82) is 0 Å². The average molecular weight is 445 g/mol. The van der Waals surface area contributed by atoms with Gasteiger partial charge in [-0.2, -0.15) is 4.31 Å². The van der Waals surface area contributed by atoms with Gasteiger partial charge in [0, 0.05) is 30.9 Å². The summed E-state index contributed by atoms with van der Waals surface area (Å²) in [5.74, 6) is -0.0606. The van der Waals surface area contributed by atoms with Crippen molar-refractivity contribution in [2.24, 2.45) is 0 Å². The van der Waals surface area contributed by atoms with Gasteiger partial charge in [0.25, 0.3) is 0 Å². The van der Waals surface area contributed by atoms with Crippen molar-refractivity contribution < 1.29 is 22.7 Å². The Labute approximate surface area is 175 Å². The maximum atomic E-state index is 12.2. The molecule has 0 unspecified atom stereocenters. The monoisotopic (exact) mass is 444 g/mol. The Morgan fingerprint density at radius 1 is 1.28 bits per heavy atom. The third-order valence-electron chi connectivity index (χ3n) is 4.86. The minimum absolute atomic E-state index is 0.101. The third-order valence-corrected chi connectivity index (χ3v) is 7.54. The van der Waals surface area contributed by atoms with Crippen LogP contribution in [0.1, 0.15) is 51.6 Å². The normalized spacial score (nSPS) is 20.6. The van der Waals surface area contributed by atoms with Crippen LogP contribution in [0.3, 0.4) is 0 Å². The highest BCUT2D eigenvalue weighted by Gasteiger charge is 2.31. The minimum atomic E-state index is -3.30. The largest absolute Gasteiger partial charge is 0.444 e. The molecule has 3 rings (SSSR count). The van der Waals surface area contributed by atoms with Crippen LogP contribution in [-0.2, 0) is 19.6 Å². The molecular weight excluding hydrogens is 416 g/mol. The molecule has 11 heteroatoms. The van der Waals surface area contributed by atoms with E-state index in [1.807, 2.05) is 26.2 Å². The lowest BCUT2D eigenvalue weighted by molar-refractivity contribution is -0.116. The molecule has 29 heavy (non-hydrogen) atoms. The predicted octanol–water partition coefficient (Wildman–Crippen LogP) is 2.23. The number of carbonyl (C=O) groups is 2. The number of anilines is 1. The van der Waals surface area contributed by atoms with Gasteiger partial charge in [-0.1, -0.05) is 0 Å². The maximum Gasteiger partial charge on any atom is 0.410 e. The molecule has 0 saturated carbocycles. The molecule has 0 bridgehead atoms. The second-order valence-electron chi connectivity index (χ2n) is 8.37. The summed E-state index contributed by atoms with van der Waals surface area (Å²) in [7, 11) is -3.30. The number of thiazole rings is 1.